The van der Waals surface area contributed by atoms with E-state index in [-0.39, 0.29) is 52.5 Å². The molecule has 1 fully saturated rings. The Hall–Kier alpha value is -5.47. The number of ether oxygens (including phenoxy) is 3. The second kappa shape index (κ2) is 14.3. The maximum absolute atomic E-state index is 13.5. The van der Waals surface area contributed by atoms with E-state index in [0.29, 0.717) is 40.7 Å². The Kier molecular flexibility index (Phi) is 9.60. The number of nitrogens with zero attached hydrogens (tertiary/aromatic N) is 3. The molecular formula is C38H33F4N3O7. The van der Waals surface area contributed by atoms with Gasteiger partial charge in [0.05, 0.1) is 13.7 Å². The summed E-state index contributed by atoms with van der Waals surface area (Å²) in [5.74, 6) is -0.112. The third-order valence-corrected chi connectivity index (χ3v) is 9.37. The number of carbonyl (C=O) groups excluding carboxylic acids is 1. The summed E-state index contributed by atoms with van der Waals surface area (Å²) < 4.78 is 79.5. The second-order valence-electron chi connectivity index (χ2n) is 12.4. The first-order valence-electron chi connectivity index (χ1n) is 16.4. The Labute approximate surface area is 294 Å². The van der Waals surface area contributed by atoms with Crippen LogP contribution in [0.15, 0.2) is 69.5 Å². The minimum Gasteiger partial charge on any atom is -0.468 e. The van der Waals surface area contributed by atoms with Crippen molar-refractivity contribution in [3.05, 3.63) is 82.9 Å². The molecule has 1 aliphatic rings. The van der Waals surface area contributed by atoms with Crippen molar-refractivity contribution in [3.8, 4) is 45.5 Å². The molecule has 1 aliphatic heterocycles. The maximum atomic E-state index is 13.5. The minimum atomic E-state index is -3.07. The number of esters is 1. The van der Waals surface area contributed by atoms with Crippen LogP contribution >= 0.6 is 0 Å². The van der Waals surface area contributed by atoms with Gasteiger partial charge in [-0.05, 0) is 79.8 Å². The zero-order valence-electron chi connectivity index (χ0n) is 28.3. The van der Waals surface area contributed by atoms with Crippen molar-refractivity contribution in [2.75, 3.05) is 13.7 Å². The van der Waals surface area contributed by atoms with E-state index in [9.17, 15) is 27.5 Å². The number of fused-ring (bicyclic) bond motifs is 2. The van der Waals surface area contributed by atoms with Crippen LogP contribution in [0, 0.1) is 13.8 Å². The molecule has 7 rings (SSSR count). The van der Waals surface area contributed by atoms with Crippen molar-refractivity contribution in [2.45, 2.75) is 59.1 Å². The number of benzene rings is 4. The lowest BCUT2D eigenvalue weighted by Crippen LogP contribution is -2.36. The van der Waals surface area contributed by atoms with Crippen LogP contribution in [-0.4, -0.2) is 58.9 Å². The molecule has 52 heavy (non-hydrogen) atoms. The molecule has 0 bridgehead atoms. The molecule has 0 saturated carbocycles. The molecule has 0 radical (unpaired) electrons. The van der Waals surface area contributed by atoms with Gasteiger partial charge in [-0.3, -0.25) is 9.69 Å². The van der Waals surface area contributed by atoms with Crippen molar-refractivity contribution < 1.29 is 50.5 Å². The molecule has 1 saturated heterocycles. The van der Waals surface area contributed by atoms with Crippen LogP contribution in [0.2, 0.25) is 0 Å². The van der Waals surface area contributed by atoms with E-state index in [4.69, 9.17) is 23.3 Å². The van der Waals surface area contributed by atoms with Gasteiger partial charge in [0.15, 0.2) is 11.2 Å². The quantitative estimate of drug-likeness (QED) is 0.103. The highest BCUT2D eigenvalue weighted by atomic mass is 19.3. The monoisotopic (exact) mass is 719 g/mol. The highest BCUT2D eigenvalue weighted by molar-refractivity contribution is 5.85. The minimum absolute atomic E-state index is 0.0665. The van der Waals surface area contributed by atoms with Crippen LogP contribution in [0.1, 0.15) is 35.1 Å². The van der Waals surface area contributed by atoms with Gasteiger partial charge < -0.3 is 28.2 Å². The van der Waals surface area contributed by atoms with Gasteiger partial charge in [0.2, 0.25) is 11.8 Å². The molecule has 1 N–H and O–H groups in total. The van der Waals surface area contributed by atoms with E-state index in [1.807, 2.05) is 55.1 Å². The molecule has 0 amide bonds. The molecular weight excluding hydrogens is 686 g/mol. The van der Waals surface area contributed by atoms with Gasteiger partial charge in [-0.25, -0.2) is 9.97 Å². The first kappa shape index (κ1) is 35.0. The van der Waals surface area contributed by atoms with E-state index in [1.165, 1.54) is 25.3 Å². The van der Waals surface area contributed by atoms with Gasteiger partial charge in [-0.2, -0.15) is 17.6 Å². The normalized spacial score (nSPS) is 15.0. The Morgan fingerprint density at radius 1 is 0.827 bits per heavy atom. The zero-order chi connectivity index (χ0) is 36.7. The molecule has 2 aromatic heterocycles. The first-order valence-corrected chi connectivity index (χ1v) is 16.4. The number of halogens is 4. The third kappa shape index (κ3) is 6.66. The summed E-state index contributed by atoms with van der Waals surface area (Å²) in [6, 6.07) is 16.6. The summed E-state index contributed by atoms with van der Waals surface area (Å²) in [5, 5.41) is 9.69. The van der Waals surface area contributed by atoms with Crippen molar-refractivity contribution in [1.29, 1.82) is 0 Å². The second-order valence-corrected chi connectivity index (χ2v) is 12.4. The molecule has 0 unspecified atom stereocenters. The van der Waals surface area contributed by atoms with E-state index in [2.05, 4.69) is 9.72 Å². The number of likely N-dealkylation sites (tertiary alicyclic amines) is 1. The predicted octanol–water partition coefficient (Wildman–Crippen LogP) is 8.42. The van der Waals surface area contributed by atoms with Crippen LogP contribution in [0.5, 0.6) is 11.5 Å². The number of aliphatic hydroxyl groups excluding tert-OH is 1. The van der Waals surface area contributed by atoms with E-state index >= 15 is 0 Å². The topological polar surface area (TPSA) is 120 Å². The van der Waals surface area contributed by atoms with Crippen LogP contribution in [0.3, 0.4) is 0 Å². The summed E-state index contributed by atoms with van der Waals surface area (Å²) in [4.78, 5) is 23.5. The number of oxazole rings is 2. The number of methoxy groups -OCH3 is 1. The van der Waals surface area contributed by atoms with Crippen LogP contribution in [0.25, 0.3) is 56.2 Å². The predicted molar refractivity (Wildman–Crippen MR) is 182 cm³/mol. The fraction of sp³-hybridized carbons (Fsp3) is 0.289. The molecule has 4 aromatic carbocycles. The third-order valence-electron chi connectivity index (χ3n) is 9.37. The van der Waals surface area contributed by atoms with Crippen molar-refractivity contribution in [1.82, 2.24) is 14.9 Å². The van der Waals surface area contributed by atoms with E-state index in [1.54, 1.807) is 6.07 Å². The van der Waals surface area contributed by atoms with Gasteiger partial charge in [-0.15, -0.1) is 0 Å². The smallest absolute Gasteiger partial charge is 0.387 e. The molecule has 6 aromatic rings. The van der Waals surface area contributed by atoms with Crippen molar-refractivity contribution >= 4 is 28.2 Å². The summed E-state index contributed by atoms with van der Waals surface area (Å²) >= 11 is 0. The molecule has 0 spiro atoms. The largest absolute Gasteiger partial charge is 0.468 e. The number of alkyl halides is 4. The highest BCUT2D eigenvalue weighted by Crippen LogP contribution is 2.40. The summed E-state index contributed by atoms with van der Waals surface area (Å²) in [5.41, 5.74) is 6.56. The van der Waals surface area contributed by atoms with Gasteiger partial charge in [0.25, 0.3) is 0 Å². The summed E-state index contributed by atoms with van der Waals surface area (Å²) in [6.07, 6.45) is 1.37. The van der Waals surface area contributed by atoms with Gasteiger partial charge in [0, 0.05) is 40.9 Å². The Morgan fingerprint density at radius 3 is 1.83 bits per heavy atom. The molecule has 10 nitrogen and oxygen atoms in total. The van der Waals surface area contributed by atoms with Crippen LogP contribution in [-0.2, 0) is 22.7 Å². The number of hydrogen-bond donors (Lipinski definition) is 1. The Morgan fingerprint density at radius 2 is 1.33 bits per heavy atom. The van der Waals surface area contributed by atoms with Crippen LogP contribution < -0.4 is 9.47 Å². The number of carbonyl (C=O) groups is 1. The number of hydrogen-bond acceptors (Lipinski definition) is 10. The Balaban J connectivity index is 1.24. The molecule has 1 atom stereocenters. The van der Waals surface area contributed by atoms with Gasteiger partial charge in [-0.1, -0.05) is 24.3 Å². The maximum Gasteiger partial charge on any atom is 0.387 e. The molecule has 14 heteroatoms. The highest BCUT2D eigenvalue weighted by Gasteiger charge is 2.32. The average molecular weight is 720 g/mol. The average Bonchev–Trinajstić information content (AvgIpc) is 3.86. The SMILES string of the molecule is COC(=O)[C@@H]1CCCN1Cc1cc2nc(-c3cccc(-c4cccc(-c5nc6cc(CO)c(OC(F)F)cc6o5)c4C)c3C)oc2cc1OC(F)F. The number of rotatable bonds is 11. The Bertz CT molecular complexity index is 2290. The number of aliphatic hydroxyl groups is 1. The molecule has 270 valence electrons. The lowest BCUT2D eigenvalue weighted by Gasteiger charge is -2.23. The fourth-order valence-corrected chi connectivity index (χ4v) is 6.84. The summed E-state index contributed by atoms with van der Waals surface area (Å²) in [6.45, 7) is -2.07. The van der Waals surface area contributed by atoms with Gasteiger partial charge >= 0.3 is 19.2 Å². The fourth-order valence-electron chi connectivity index (χ4n) is 6.84. The first-order chi connectivity index (χ1) is 25.0. The lowest BCUT2D eigenvalue weighted by atomic mass is 9.91. The zero-order valence-corrected chi connectivity index (χ0v) is 28.3. The standard InChI is InChI=1S/C38H33F4N3O7/c1-19-23(24-8-5-10-26(20(24)2)35-44-28-14-22(18-46)31(52-38(41)42)16-33(28)50-35)7-4-9-25(19)34-43-27-13-21(30(51-37(39)40)15-32(27)49-34)17-45-12-6-11-29(45)36(47)48-3/h4-5,7-10,13-16,29,37-38,46H,6,11-12,17-18H2,1-3H3/t29-/m0/s1. The number of aromatic nitrogens is 2. The van der Waals surface area contributed by atoms with Crippen molar-refractivity contribution in [3.63, 3.8) is 0 Å². The lowest BCUT2D eigenvalue weighted by molar-refractivity contribution is -0.146. The van der Waals surface area contributed by atoms with Gasteiger partial charge in [0.1, 0.15) is 28.6 Å². The van der Waals surface area contributed by atoms with Crippen LogP contribution in [0.4, 0.5) is 17.6 Å². The van der Waals surface area contributed by atoms with E-state index < -0.39 is 25.9 Å². The van der Waals surface area contributed by atoms with Crippen molar-refractivity contribution in [2.24, 2.45) is 0 Å². The molecule has 0 aliphatic carbocycles. The summed E-state index contributed by atoms with van der Waals surface area (Å²) in [7, 11) is 1.32. The molecule has 3 heterocycles. The van der Waals surface area contributed by atoms with E-state index in [0.717, 1.165) is 28.7 Å².